The van der Waals surface area contributed by atoms with Crippen molar-refractivity contribution >= 4 is 17.5 Å². The minimum absolute atomic E-state index is 0.0165. The van der Waals surface area contributed by atoms with Gasteiger partial charge in [0.2, 0.25) is 0 Å². The van der Waals surface area contributed by atoms with E-state index < -0.39 is 0 Å². The Morgan fingerprint density at radius 2 is 1.65 bits per heavy atom. The summed E-state index contributed by atoms with van der Waals surface area (Å²) in [5, 5.41) is 12.7. The normalized spacial score (nSPS) is 17.9. The summed E-state index contributed by atoms with van der Waals surface area (Å²) in [4.78, 5) is 32.6. The van der Waals surface area contributed by atoms with E-state index in [1.807, 2.05) is 58.3 Å². The largest absolute Gasteiger partial charge is 0.484 e. The quantitative estimate of drug-likeness (QED) is 0.624. The van der Waals surface area contributed by atoms with Crippen molar-refractivity contribution in [3.63, 3.8) is 0 Å². The first-order chi connectivity index (χ1) is 18.2. The fourth-order valence-corrected chi connectivity index (χ4v) is 5.01. The van der Waals surface area contributed by atoms with Gasteiger partial charge in [0.25, 0.3) is 11.8 Å². The average Bonchev–Trinajstić information content (AvgIpc) is 2.93. The molecule has 2 aromatic carbocycles. The number of carbonyl (C=O) groups excluding carboxylic acids is 2. The Bertz CT molecular complexity index is 1010. The molecular formula is C29H40N4O4. The van der Waals surface area contributed by atoms with Crippen molar-refractivity contribution in [3.05, 3.63) is 59.7 Å². The van der Waals surface area contributed by atoms with Gasteiger partial charge in [-0.1, -0.05) is 37.5 Å². The molecule has 0 unspecified atom stereocenters. The number of amides is 2. The van der Waals surface area contributed by atoms with Crippen LogP contribution in [0.2, 0.25) is 0 Å². The Morgan fingerprint density at radius 3 is 2.43 bits per heavy atom. The number of nitrogens with zero attached hydrogens (tertiary/aromatic N) is 3. The summed E-state index contributed by atoms with van der Waals surface area (Å²) in [5.74, 6) is 0.608. The number of para-hydroxylation sites is 1. The number of β-amino-alcohol motifs (C(OH)–C–C–N with tert-alkyl or cyclic N) is 1. The van der Waals surface area contributed by atoms with Gasteiger partial charge in [-0.2, -0.15) is 0 Å². The first-order valence-corrected chi connectivity index (χ1v) is 13.6. The predicted molar refractivity (Wildman–Crippen MR) is 145 cm³/mol. The molecule has 8 nitrogen and oxygen atoms in total. The zero-order chi connectivity index (χ0) is 25.9. The molecule has 0 saturated carbocycles. The maximum absolute atomic E-state index is 13.4. The number of nitrogens with one attached hydrogen (secondary N) is 1. The maximum atomic E-state index is 13.4. The van der Waals surface area contributed by atoms with E-state index in [9.17, 15) is 14.7 Å². The summed E-state index contributed by atoms with van der Waals surface area (Å²) < 4.78 is 5.79. The van der Waals surface area contributed by atoms with E-state index in [2.05, 4.69) is 10.2 Å². The molecule has 0 atom stereocenters. The highest BCUT2D eigenvalue weighted by atomic mass is 16.5. The fourth-order valence-electron chi connectivity index (χ4n) is 5.01. The number of ether oxygens (including phenoxy) is 1. The van der Waals surface area contributed by atoms with Crippen molar-refractivity contribution in [3.8, 4) is 5.75 Å². The van der Waals surface area contributed by atoms with Crippen LogP contribution in [-0.4, -0.2) is 85.7 Å². The molecule has 2 amide bonds. The third-order valence-electron chi connectivity index (χ3n) is 7.15. The van der Waals surface area contributed by atoms with Crippen molar-refractivity contribution in [2.75, 3.05) is 63.9 Å². The molecular weight excluding hydrogens is 468 g/mol. The highest BCUT2D eigenvalue weighted by molar-refractivity contribution is 5.98. The number of fused-ring (bicyclic) bond motifs is 1. The average molecular weight is 509 g/mol. The van der Waals surface area contributed by atoms with Gasteiger partial charge in [-0.15, -0.1) is 0 Å². The zero-order valence-corrected chi connectivity index (χ0v) is 21.7. The van der Waals surface area contributed by atoms with Crippen LogP contribution in [0.15, 0.2) is 48.5 Å². The van der Waals surface area contributed by atoms with E-state index in [-0.39, 0.29) is 25.0 Å². The molecule has 200 valence electrons. The van der Waals surface area contributed by atoms with Crippen LogP contribution in [0.5, 0.6) is 5.75 Å². The van der Waals surface area contributed by atoms with E-state index in [0.29, 0.717) is 44.0 Å². The monoisotopic (exact) mass is 508 g/mol. The summed E-state index contributed by atoms with van der Waals surface area (Å²) in [7, 11) is 0. The number of rotatable bonds is 6. The molecule has 2 aromatic rings. The van der Waals surface area contributed by atoms with E-state index in [0.717, 1.165) is 56.6 Å². The number of aliphatic hydroxyl groups is 1. The number of carbonyl (C=O) groups is 2. The first-order valence-electron chi connectivity index (χ1n) is 13.6. The molecule has 4 rings (SSSR count). The second-order valence-corrected chi connectivity index (χ2v) is 9.79. The maximum Gasteiger partial charge on any atom is 0.264 e. The number of hydrogen-bond donors (Lipinski definition) is 2. The molecule has 8 heteroatoms. The van der Waals surface area contributed by atoms with Gasteiger partial charge in [-0.05, 0) is 55.3 Å². The first kappa shape index (κ1) is 27.1. The van der Waals surface area contributed by atoms with Gasteiger partial charge in [0, 0.05) is 57.1 Å². The SMILES string of the molecule is O=C(c1ccc2c(c1)CNCCCCCCCN2C(=O)COc1ccccc1)N1CCN(CCO)CC1. The predicted octanol–water partition coefficient (Wildman–Crippen LogP) is 2.90. The van der Waals surface area contributed by atoms with Crippen molar-refractivity contribution in [1.82, 2.24) is 15.1 Å². The highest BCUT2D eigenvalue weighted by Crippen LogP contribution is 2.25. The zero-order valence-electron chi connectivity index (χ0n) is 21.7. The topological polar surface area (TPSA) is 85.4 Å². The van der Waals surface area contributed by atoms with Crippen LogP contribution in [0.25, 0.3) is 0 Å². The lowest BCUT2D eigenvalue weighted by atomic mass is 10.0. The molecule has 2 aliphatic rings. The van der Waals surface area contributed by atoms with Crippen molar-refractivity contribution in [1.29, 1.82) is 0 Å². The molecule has 2 N–H and O–H groups in total. The Kier molecular flexibility index (Phi) is 10.3. The van der Waals surface area contributed by atoms with Crippen molar-refractivity contribution in [2.24, 2.45) is 0 Å². The van der Waals surface area contributed by atoms with E-state index in [1.54, 1.807) is 0 Å². The summed E-state index contributed by atoms with van der Waals surface area (Å²) in [6.07, 6.45) is 5.47. The smallest absolute Gasteiger partial charge is 0.264 e. The third kappa shape index (κ3) is 7.77. The number of aliphatic hydroxyl groups excluding tert-OH is 1. The summed E-state index contributed by atoms with van der Waals surface area (Å²) in [6, 6.07) is 15.1. The standard InChI is InChI=1S/C29H40N4O4/c34-20-19-31-15-17-32(18-16-31)29(36)24-11-12-27-25(21-24)22-30-13-7-2-1-3-8-14-33(27)28(35)23-37-26-9-5-4-6-10-26/h4-6,9-12,21,30,34H,1-3,7-8,13-20,22-23H2. The Labute approximate surface area is 220 Å². The molecule has 0 aromatic heterocycles. The third-order valence-corrected chi connectivity index (χ3v) is 7.15. The van der Waals surface area contributed by atoms with E-state index >= 15 is 0 Å². The van der Waals surface area contributed by atoms with Crippen LogP contribution in [0.4, 0.5) is 5.69 Å². The molecule has 2 heterocycles. The van der Waals surface area contributed by atoms with Crippen LogP contribution < -0.4 is 15.0 Å². The van der Waals surface area contributed by atoms with Gasteiger partial charge < -0.3 is 25.0 Å². The Balaban J connectivity index is 1.53. The molecule has 2 aliphatic heterocycles. The fraction of sp³-hybridized carbons (Fsp3) is 0.517. The second kappa shape index (κ2) is 14.1. The molecule has 0 bridgehead atoms. The van der Waals surface area contributed by atoms with Crippen LogP contribution in [0.3, 0.4) is 0 Å². The molecule has 0 aliphatic carbocycles. The minimum Gasteiger partial charge on any atom is -0.484 e. The Morgan fingerprint density at radius 1 is 0.892 bits per heavy atom. The highest BCUT2D eigenvalue weighted by Gasteiger charge is 2.25. The van der Waals surface area contributed by atoms with Crippen molar-refractivity contribution in [2.45, 2.75) is 38.6 Å². The summed E-state index contributed by atoms with van der Waals surface area (Å²) in [5.41, 5.74) is 2.45. The lowest BCUT2D eigenvalue weighted by molar-refractivity contribution is -0.120. The minimum atomic E-state index is -0.0822. The van der Waals surface area contributed by atoms with Gasteiger partial charge in [-0.25, -0.2) is 0 Å². The molecule has 0 spiro atoms. The molecule has 0 radical (unpaired) electrons. The van der Waals surface area contributed by atoms with Crippen molar-refractivity contribution < 1.29 is 19.4 Å². The van der Waals surface area contributed by atoms with E-state index in [4.69, 9.17) is 4.74 Å². The summed E-state index contributed by atoms with van der Waals surface area (Å²) in [6.45, 7) is 5.72. The van der Waals surface area contributed by atoms with Crippen LogP contribution in [-0.2, 0) is 11.3 Å². The lowest BCUT2D eigenvalue weighted by Crippen LogP contribution is -2.49. The van der Waals surface area contributed by atoms with Gasteiger partial charge >= 0.3 is 0 Å². The van der Waals surface area contributed by atoms with E-state index in [1.165, 1.54) is 6.42 Å². The second-order valence-electron chi connectivity index (χ2n) is 9.79. The number of piperazine rings is 1. The van der Waals surface area contributed by atoms with Gasteiger partial charge in [0.1, 0.15) is 5.75 Å². The lowest BCUT2D eigenvalue weighted by Gasteiger charge is -2.34. The van der Waals surface area contributed by atoms with Crippen LogP contribution in [0, 0.1) is 0 Å². The number of hydrogen-bond acceptors (Lipinski definition) is 6. The number of benzene rings is 2. The molecule has 37 heavy (non-hydrogen) atoms. The van der Waals surface area contributed by atoms with Gasteiger partial charge in [0.05, 0.1) is 6.61 Å². The molecule has 1 fully saturated rings. The van der Waals surface area contributed by atoms with Gasteiger partial charge in [-0.3, -0.25) is 14.5 Å². The number of anilines is 1. The van der Waals surface area contributed by atoms with Gasteiger partial charge in [0.15, 0.2) is 6.61 Å². The Hall–Kier alpha value is -2.94. The molecule has 1 saturated heterocycles. The summed E-state index contributed by atoms with van der Waals surface area (Å²) >= 11 is 0. The van der Waals surface area contributed by atoms with Crippen LogP contribution >= 0.6 is 0 Å². The van der Waals surface area contributed by atoms with Crippen LogP contribution in [0.1, 0.15) is 48.0 Å².